The van der Waals surface area contributed by atoms with Crippen molar-refractivity contribution in [2.75, 3.05) is 12.1 Å². The van der Waals surface area contributed by atoms with Crippen LogP contribution in [0.1, 0.15) is 46.3 Å². The van der Waals surface area contributed by atoms with E-state index >= 15 is 0 Å². The Morgan fingerprint density at radius 2 is 1.80 bits per heavy atom. The fraction of sp³-hybridized carbons (Fsp3) is 0.292. The number of hydrogen-bond donors (Lipinski definition) is 1. The van der Waals surface area contributed by atoms with Gasteiger partial charge in [0, 0.05) is 40.4 Å². The summed E-state index contributed by atoms with van der Waals surface area (Å²) in [7, 11) is 0. The molecule has 1 saturated carbocycles. The highest BCUT2D eigenvalue weighted by Gasteiger charge is 2.43. The first-order chi connectivity index (χ1) is 14.6. The molecule has 1 N–H and O–H groups in total. The Balaban J connectivity index is 1.45. The minimum absolute atomic E-state index is 0.115. The third kappa shape index (κ3) is 2.53. The van der Waals surface area contributed by atoms with Crippen LogP contribution in [0.4, 0.5) is 5.69 Å². The molecule has 1 atom stereocenters. The van der Waals surface area contributed by atoms with Crippen molar-refractivity contribution in [3.8, 4) is 17.2 Å². The highest BCUT2D eigenvalue weighted by molar-refractivity contribution is 6.02. The number of benzene rings is 2. The van der Waals surface area contributed by atoms with Gasteiger partial charge in [-0.05, 0) is 57.0 Å². The van der Waals surface area contributed by atoms with Crippen LogP contribution in [-0.4, -0.2) is 28.2 Å². The second-order valence-electron chi connectivity index (χ2n) is 8.24. The average molecular weight is 401 g/mol. The molecule has 0 radical (unpaired) electrons. The van der Waals surface area contributed by atoms with Crippen LogP contribution in [-0.2, 0) is 0 Å². The quantitative estimate of drug-likeness (QED) is 0.700. The summed E-state index contributed by atoms with van der Waals surface area (Å²) in [6.45, 7) is 4.48. The Hall–Kier alpha value is -3.41. The minimum Gasteiger partial charge on any atom is -0.454 e. The molecular formula is C24H23N3O3. The smallest absolute Gasteiger partial charge is 0.258 e. The summed E-state index contributed by atoms with van der Waals surface area (Å²) in [6.07, 6.45) is 1.95. The van der Waals surface area contributed by atoms with E-state index < -0.39 is 0 Å². The number of nitrogens with zero attached hydrogens (tertiary/aromatic N) is 2. The molecule has 2 aromatic carbocycles. The molecule has 1 fully saturated rings. The molecule has 1 aromatic heterocycles. The van der Waals surface area contributed by atoms with E-state index in [1.807, 2.05) is 47.4 Å². The Morgan fingerprint density at radius 3 is 2.63 bits per heavy atom. The molecule has 6 nitrogen and oxygen atoms in total. The van der Waals surface area contributed by atoms with Crippen molar-refractivity contribution >= 4 is 11.6 Å². The maximum Gasteiger partial charge on any atom is 0.258 e. The molecule has 0 spiro atoms. The van der Waals surface area contributed by atoms with E-state index in [9.17, 15) is 4.79 Å². The number of ether oxygens (including phenoxy) is 2. The lowest BCUT2D eigenvalue weighted by Gasteiger charge is -2.38. The van der Waals surface area contributed by atoms with Crippen LogP contribution in [0.25, 0.3) is 5.69 Å². The molecule has 3 aromatic rings. The van der Waals surface area contributed by atoms with Gasteiger partial charge in [0.25, 0.3) is 5.91 Å². The van der Waals surface area contributed by atoms with Crippen LogP contribution in [0, 0.1) is 13.8 Å². The van der Waals surface area contributed by atoms with E-state index in [1.54, 1.807) is 0 Å². The van der Waals surface area contributed by atoms with Gasteiger partial charge in [0.15, 0.2) is 11.5 Å². The van der Waals surface area contributed by atoms with Gasteiger partial charge in [-0.1, -0.05) is 12.1 Å². The van der Waals surface area contributed by atoms with Gasteiger partial charge in [-0.3, -0.25) is 4.79 Å². The normalized spacial score (nSPS) is 19.6. The minimum atomic E-state index is -0.172. The van der Waals surface area contributed by atoms with Crippen molar-refractivity contribution in [1.82, 2.24) is 9.47 Å². The van der Waals surface area contributed by atoms with Crippen LogP contribution >= 0.6 is 0 Å². The van der Waals surface area contributed by atoms with Crippen molar-refractivity contribution < 1.29 is 14.3 Å². The molecule has 152 valence electrons. The summed E-state index contributed by atoms with van der Waals surface area (Å²) in [5.74, 6) is 1.66. The van der Waals surface area contributed by atoms with Crippen LogP contribution in [0.3, 0.4) is 0 Å². The third-order valence-corrected chi connectivity index (χ3v) is 6.28. The van der Waals surface area contributed by atoms with Crippen LogP contribution in [0.2, 0.25) is 0 Å². The fourth-order valence-electron chi connectivity index (χ4n) is 4.71. The highest BCUT2D eigenvalue weighted by Crippen LogP contribution is 2.43. The van der Waals surface area contributed by atoms with Crippen molar-refractivity contribution in [2.45, 2.75) is 38.9 Å². The summed E-state index contributed by atoms with van der Waals surface area (Å²) in [6, 6.07) is 16.3. The summed E-state index contributed by atoms with van der Waals surface area (Å²) in [5.41, 5.74) is 6.04. The second-order valence-corrected chi connectivity index (χ2v) is 8.24. The largest absolute Gasteiger partial charge is 0.454 e. The zero-order chi connectivity index (χ0) is 20.4. The summed E-state index contributed by atoms with van der Waals surface area (Å²) in [5, 5.41) is 3.64. The predicted molar refractivity (Wildman–Crippen MR) is 113 cm³/mol. The number of amides is 1. The molecule has 2 aliphatic heterocycles. The Bertz CT molecular complexity index is 1180. The number of carbonyl (C=O) groups is 1. The molecule has 1 aliphatic carbocycles. The average Bonchev–Trinajstić information content (AvgIpc) is 3.39. The Labute approximate surface area is 175 Å². The summed E-state index contributed by atoms with van der Waals surface area (Å²) >= 11 is 0. The molecule has 3 heterocycles. The fourth-order valence-corrected chi connectivity index (χ4v) is 4.71. The number of aryl methyl sites for hydroxylation is 1. The molecule has 30 heavy (non-hydrogen) atoms. The van der Waals surface area contributed by atoms with Gasteiger partial charge >= 0.3 is 0 Å². The van der Waals surface area contributed by atoms with E-state index in [1.165, 1.54) is 0 Å². The lowest BCUT2D eigenvalue weighted by atomic mass is 10.0. The topological polar surface area (TPSA) is 55.7 Å². The zero-order valence-corrected chi connectivity index (χ0v) is 17.0. The van der Waals surface area contributed by atoms with Crippen LogP contribution in [0.5, 0.6) is 11.5 Å². The maximum atomic E-state index is 13.3. The summed E-state index contributed by atoms with van der Waals surface area (Å²) < 4.78 is 13.2. The highest BCUT2D eigenvalue weighted by atomic mass is 16.7. The SMILES string of the molecule is Cc1cc([C@H]2Nc3ccccc3C(=O)N2C2CC2)c(C)n1-c1ccc2c(c1)OCO2. The van der Waals surface area contributed by atoms with E-state index in [0.717, 1.165) is 58.2 Å². The Kier molecular flexibility index (Phi) is 3.66. The predicted octanol–water partition coefficient (Wildman–Crippen LogP) is 4.55. The number of anilines is 1. The number of nitrogens with one attached hydrogen (secondary N) is 1. The molecule has 3 aliphatic rings. The molecule has 0 bridgehead atoms. The van der Waals surface area contributed by atoms with Crippen LogP contribution < -0.4 is 14.8 Å². The first-order valence-corrected chi connectivity index (χ1v) is 10.4. The van der Waals surface area contributed by atoms with Gasteiger partial charge in [0.2, 0.25) is 6.79 Å². The van der Waals surface area contributed by atoms with Crippen molar-refractivity contribution in [2.24, 2.45) is 0 Å². The molecule has 0 saturated heterocycles. The van der Waals surface area contributed by atoms with Gasteiger partial charge in [-0.15, -0.1) is 0 Å². The standard InChI is InChI=1S/C24H23N3O3/c1-14-11-19(15(2)26(14)17-9-10-21-22(12-17)30-13-29-21)23-25-20-6-4-3-5-18(20)24(28)27(23)16-7-8-16/h3-6,9-12,16,23,25H,7-8,13H2,1-2H3/t23-/m0/s1. The van der Waals surface area contributed by atoms with E-state index in [-0.39, 0.29) is 18.9 Å². The number of rotatable bonds is 3. The van der Waals surface area contributed by atoms with Gasteiger partial charge < -0.3 is 24.3 Å². The monoisotopic (exact) mass is 401 g/mol. The number of hydrogen-bond acceptors (Lipinski definition) is 4. The number of para-hydroxylation sites is 1. The number of carbonyl (C=O) groups excluding carboxylic acids is 1. The van der Waals surface area contributed by atoms with Crippen molar-refractivity contribution in [3.63, 3.8) is 0 Å². The van der Waals surface area contributed by atoms with Crippen LogP contribution in [0.15, 0.2) is 48.5 Å². The molecule has 0 unspecified atom stereocenters. The molecule has 1 amide bonds. The summed E-state index contributed by atoms with van der Waals surface area (Å²) in [4.78, 5) is 15.4. The molecular weight excluding hydrogens is 378 g/mol. The van der Waals surface area contributed by atoms with E-state index in [4.69, 9.17) is 9.47 Å². The van der Waals surface area contributed by atoms with Gasteiger partial charge in [0.05, 0.1) is 5.56 Å². The third-order valence-electron chi connectivity index (χ3n) is 6.28. The number of aromatic nitrogens is 1. The Morgan fingerprint density at radius 1 is 1.00 bits per heavy atom. The van der Waals surface area contributed by atoms with Gasteiger partial charge in [0.1, 0.15) is 6.17 Å². The zero-order valence-electron chi connectivity index (χ0n) is 17.0. The van der Waals surface area contributed by atoms with Crippen molar-refractivity contribution in [1.29, 1.82) is 0 Å². The molecule has 6 rings (SSSR count). The van der Waals surface area contributed by atoms with Crippen molar-refractivity contribution in [3.05, 3.63) is 71.0 Å². The van der Waals surface area contributed by atoms with E-state index in [2.05, 4.69) is 29.8 Å². The van der Waals surface area contributed by atoms with Gasteiger partial charge in [-0.25, -0.2) is 0 Å². The first-order valence-electron chi connectivity index (χ1n) is 10.4. The lowest BCUT2D eigenvalue weighted by molar-refractivity contribution is 0.0666. The first kappa shape index (κ1) is 17.4. The lowest BCUT2D eigenvalue weighted by Crippen LogP contribution is -2.44. The number of fused-ring (bicyclic) bond motifs is 2. The maximum absolute atomic E-state index is 13.3. The van der Waals surface area contributed by atoms with Gasteiger partial charge in [-0.2, -0.15) is 0 Å². The van der Waals surface area contributed by atoms with E-state index in [0.29, 0.717) is 6.04 Å². The second kappa shape index (κ2) is 6.29. The molecule has 6 heteroatoms.